The van der Waals surface area contributed by atoms with Gasteiger partial charge >= 0.3 is 39.5 Å². The van der Waals surface area contributed by atoms with Crippen LogP contribution in [0.5, 0.6) is 0 Å². The quantitative estimate of drug-likeness (QED) is 0.0222. The van der Waals surface area contributed by atoms with Gasteiger partial charge in [0, 0.05) is 25.7 Å². The number of unbranched alkanes of at least 4 members (excludes halogenated alkanes) is 47. The summed E-state index contributed by atoms with van der Waals surface area (Å²) in [6, 6.07) is 0. The van der Waals surface area contributed by atoms with E-state index in [4.69, 9.17) is 37.0 Å². The van der Waals surface area contributed by atoms with Crippen LogP contribution in [0.4, 0.5) is 0 Å². The SMILES string of the molecule is CCC(C)CCCCCCCCCCCCCCCCCCCCC(=O)O[C@H](COC(=O)CCCCCCCCCCCCCCCC(C)C)COP(=O)(O)OC[C@@H](O)COP(=O)(O)OC[C@@H](COC(=O)CCCCCCCCC(C)C)OC(=O)CCCCCCCCCCCCCCCCC(C)CC. The minimum Gasteiger partial charge on any atom is -0.462 e. The zero-order valence-corrected chi connectivity index (χ0v) is 71.2. The summed E-state index contributed by atoms with van der Waals surface area (Å²) in [4.78, 5) is 73.2. The fraction of sp³-hybridized carbons (Fsp3) is 0.953. The fourth-order valence-corrected chi connectivity index (χ4v) is 14.8. The van der Waals surface area contributed by atoms with Crippen LogP contribution in [-0.2, 0) is 65.4 Å². The second kappa shape index (κ2) is 74.8. The largest absolute Gasteiger partial charge is 0.472 e. The molecule has 4 unspecified atom stereocenters. The van der Waals surface area contributed by atoms with Crippen LogP contribution in [-0.4, -0.2) is 96.7 Å². The van der Waals surface area contributed by atoms with E-state index in [-0.39, 0.29) is 25.7 Å². The Morgan fingerprint density at radius 2 is 0.457 bits per heavy atom. The first kappa shape index (κ1) is 103. The molecule has 0 bridgehead atoms. The molecule has 0 saturated heterocycles. The van der Waals surface area contributed by atoms with Gasteiger partial charge in [0.1, 0.15) is 19.3 Å². The van der Waals surface area contributed by atoms with Gasteiger partial charge in [0.05, 0.1) is 26.4 Å². The summed E-state index contributed by atoms with van der Waals surface area (Å²) in [7, 11) is -9.93. The van der Waals surface area contributed by atoms with Crippen LogP contribution in [0, 0.1) is 23.7 Å². The van der Waals surface area contributed by atoms with Crippen molar-refractivity contribution in [2.24, 2.45) is 23.7 Å². The Labute approximate surface area is 645 Å². The highest BCUT2D eigenvalue weighted by molar-refractivity contribution is 7.47. The summed E-state index contributed by atoms with van der Waals surface area (Å²) in [6.07, 6.45) is 64.0. The van der Waals surface area contributed by atoms with Crippen LogP contribution in [0.3, 0.4) is 0 Å². The van der Waals surface area contributed by atoms with Gasteiger partial charge in [-0.2, -0.15) is 0 Å². The molecule has 0 radical (unpaired) electrons. The summed E-state index contributed by atoms with van der Waals surface area (Å²) in [5.41, 5.74) is 0. The minimum absolute atomic E-state index is 0.106. The normalized spacial score (nSPS) is 14.4. The number of phosphoric ester groups is 2. The lowest BCUT2D eigenvalue weighted by Gasteiger charge is -2.21. The molecule has 0 aliphatic rings. The van der Waals surface area contributed by atoms with Crippen molar-refractivity contribution in [3.63, 3.8) is 0 Å². The molecule has 0 spiro atoms. The van der Waals surface area contributed by atoms with Crippen LogP contribution < -0.4 is 0 Å². The number of aliphatic hydroxyl groups is 1. The molecule has 105 heavy (non-hydrogen) atoms. The topological polar surface area (TPSA) is 237 Å². The number of aliphatic hydroxyl groups excluding tert-OH is 1. The van der Waals surface area contributed by atoms with Crippen molar-refractivity contribution in [2.75, 3.05) is 39.6 Å². The molecule has 3 N–H and O–H groups in total. The molecular weight excluding hydrogens is 1370 g/mol. The maximum Gasteiger partial charge on any atom is 0.472 e. The summed E-state index contributed by atoms with van der Waals surface area (Å²) >= 11 is 0. The standard InChI is InChI=1S/C86H168O17P2/c1-9-78(7)64-56-48-39-33-27-21-15-13-11-12-14-16-23-30-36-42-52-60-68-85(90)102-81(72-96-83(88)66-58-50-41-35-29-25-19-20-26-32-38-46-54-62-76(3)4)74-100-104(92,93)98-70-80(87)71-99-105(94,95)101-75-82(73-97-84(89)67-59-51-45-44-47-55-63-77(5)6)103-86(91)69-61-53-43-37-31-24-18-17-22-28-34-40-49-57-65-79(8)10-2/h76-82,87H,9-75H2,1-8H3,(H,92,93)(H,94,95)/t78?,79?,80-,81-,82-/m1/s1. The van der Waals surface area contributed by atoms with Crippen LogP contribution >= 0.6 is 15.6 Å². The monoisotopic (exact) mass is 1540 g/mol. The predicted molar refractivity (Wildman–Crippen MR) is 432 cm³/mol. The highest BCUT2D eigenvalue weighted by Crippen LogP contribution is 2.45. The lowest BCUT2D eigenvalue weighted by Crippen LogP contribution is -2.30. The number of phosphoric acid groups is 2. The molecule has 0 aromatic heterocycles. The first-order valence-corrected chi connectivity index (χ1v) is 47.3. The van der Waals surface area contributed by atoms with Crippen molar-refractivity contribution < 1.29 is 80.2 Å². The summed E-state index contributed by atoms with van der Waals surface area (Å²) < 4.78 is 68.8. The van der Waals surface area contributed by atoms with E-state index in [9.17, 15) is 43.2 Å². The third-order valence-corrected chi connectivity index (χ3v) is 22.7. The van der Waals surface area contributed by atoms with Crippen molar-refractivity contribution in [2.45, 2.75) is 465 Å². The van der Waals surface area contributed by atoms with Crippen molar-refractivity contribution in [3.8, 4) is 0 Å². The molecule has 0 fully saturated rings. The van der Waals surface area contributed by atoms with Crippen molar-refractivity contribution in [1.82, 2.24) is 0 Å². The van der Waals surface area contributed by atoms with Crippen LogP contribution in [0.1, 0.15) is 447 Å². The van der Waals surface area contributed by atoms with Gasteiger partial charge in [-0.3, -0.25) is 37.3 Å². The average molecular weight is 1540 g/mol. The molecule has 0 saturated carbocycles. The molecule has 0 aliphatic carbocycles. The zero-order valence-electron chi connectivity index (χ0n) is 69.4. The second-order valence-corrected chi connectivity index (χ2v) is 35.3. The molecule has 0 aromatic carbocycles. The van der Waals surface area contributed by atoms with Crippen LogP contribution in [0.2, 0.25) is 0 Å². The van der Waals surface area contributed by atoms with Gasteiger partial charge < -0.3 is 33.8 Å². The van der Waals surface area contributed by atoms with Crippen LogP contribution in [0.15, 0.2) is 0 Å². The van der Waals surface area contributed by atoms with E-state index in [0.29, 0.717) is 31.6 Å². The number of carbonyl (C=O) groups is 4. The Bertz CT molecular complexity index is 2050. The minimum atomic E-state index is -4.97. The highest BCUT2D eigenvalue weighted by atomic mass is 31.2. The van der Waals surface area contributed by atoms with Gasteiger partial charge in [-0.15, -0.1) is 0 Å². The van der Waals surface area contributed by atoms with Gasteiger partial charge in [-0.1, -0.05) is 396 Å². The Morgan fingerprint density at radius 1 is 0.267 bits per heavy atom. The highest BCUT2D eigenvalue weighted by Gasteiger charge is 2.31. The Hall–Kier alpha value is -1.94. The third-order valence-electron chi connectivity index (χ3n) is 20.8. The average Bonchev–Trinajstić information content (AvgIpc) is 0.905. The molecule has 0 amide bonds. The number of hydrogen-bond donors (Lipinski definition) is 3. The smallest absolute Gasteiger partial charge is 0.462 e. The molecule has 0 rings (SSSR count). The van der Waals surface area contributed by atoms with Gasteiger partial charge in [0.15, 0.2) is 12.2 Å². The molecule has 17 nitrogen and oxygen atoms in total. The van der Waals surface area contributed by atoms with Crippen molar-refractivity contribution in [3.05, 3.63) is 0 Å². The number of hydrogen-bond acceptors (Lipinski definition) is 15. The van der Waals surface area contributed by atoms with Crippen LogP contribution in [0.25, 0.3) is 0 Å². The van der Waals surface area contributed by atoms with Gasteiger partial charge in [0.2, 0.25) is 0 Å². The molecule has 19 heteroatoms. The summed E-state index contributed by atoms with van der Waals surface area (Å²) in [5, 5.41) is 10.7. The Morgan fingerprint density at radius 3 is 0.676 bits per heavy atom. The second-order valence-electron chi connectivity index (χ2n) is 32.4. The number of carbonyl (C=O) groups excluding carboxylic acids is 4. The lowest BCUT2D eigenvalue weighted by atomic mass is 9.99. The molecule has 0 aromatic rings. The molecule has 0 aliphatic heterocycles. The molecule has 7 atom stereocenters. The van der Waals surface area contributed by atoms with Gasteiger partial charge in [-0.05, 0) is 49.4 Å². The Balaban J connectivity index is 5.21. The predicted octanol–water partition coefficient (Wildman–Crippen LogP) is 25.9. The van der Waals surface area contributed by atoms with Crippen molar-refractivity contribution >= 4 is 39.5 Å². The number of rotatable bonds is 83. The molecular formula is C86H168O17P2. The van der Waals surface area contributed by atoms with E-state index in [1.807, 2.05) is 0 Å². The first-order valence-electron chi connectivity index (χ1n) is 44.3. The van der Waals surface area contributed by atoms with E-state index < -0.39 is 97.5 Å². The number of esters is 4. The van der Waals surface area contributed by atoms with E-state index in [1.54, 1.807) is 0 Å². The van der Waals surface area contributed by atoms with E-state index in [2.05, 4.69) is 55.4 Å². The summed E-state index contributed by atoms with van der Waals surface area (Å²) in [5.74, 6) is 1.08. The van der Waals surface area contributed by atoms with Gasteiger partial charge in [-0.25, -0.2) is 9.13 Å². The van der Waals surface area contributed by atoms with E-state index in [0.717, 1.165) is 114 Å². The number of ether oxygens (including phenoxy) is 4. The van der Waals surface area contributed by atoms with Crippen molar-refractivity contribution in [1.29, 1.82) is 0 Å². The maximum absolute atomic E-state index is 13.1. The fourth-order valence-electron chi connectivity index (χ4n) is 13.3. The molecule has 624 valence electrons. The summed E-state index contributed by atoms with van der Waals surface area (Å²) in [6.45, 7) is 14.3. The zero-order chi connectivity index (χ0) is 77.4. The first-order chi connectivity index (χ1) is 50.7. The van der Waals surface area contributed by atoms with Gasteiger partial charge in [0.25, 0.3) is 0 Å². The van der Waals surface area contributed by atoms with E-state index >= 15 is 0 Å². The maximum atomic E-state index is 13.1. The lowest BCUT2D eigenvalue weighted by molar-refractivity contribution is -0.161. The van der Waals surface area contributed by atoms with E-state index in [1.165, 1.54) is 244 Å². The Kier molecular flexibility index (Phi) is 73.4. The third kappa shape index (κ3) is 77.2. The molecule has 0 heterocycles.